The summed E-state index contributed by atoms with van der Waals surface area (Å²) >= 11 is 0. The molecule has 1 unspecified atom stereocenters. The van der Waals surface area contributed by atoms with Gasteiger partial charge in [-0.25, -0.2) is 4.98 Å². The molecule has 0 saturated carbocycles. The normalized spacial score (nSPS) is 17.6. The molecular formula is C26H22N4O4. The number of anilines is 1. The number of amides is 1. The van der Waals surface area contributed by atoms with Gasteiger partial charge < -0.3 is 14.8 Å². The zero-order chi connectivity index (χ0) is 23.8. The summed E-state index contributed by atoms with van der Waals surface area (Å²) in [6.07, 6.45) is 3.15. The van der Waals surface area contributed by atoms with Crippen molar-refractivity contribution in [3.05, 3.63) is 89.8 Å². The number of fused-ring (bicyclic) bond motifs is 1. The monoisotopic (exact) mass is 454 g/mol. The van der Waals surface area contributed by atoms with Gasteiger partial charge in [0.15, 0.2) is 0 Å². The van der Waals surface area contributed by atoms with E-state index in [-0.39, 0.29) is 23.4 Å². The first-order valence-electron chi connectivity index (χ1n) is 10.9. The van der Waals surface area contributed by atoms with Gasteiger partial charge in [-0.3, -0.25) is 19.5 Å². The van der Waals surface area contributed by atoms with Crippen LogP contribution >= 0.6 is 0 Å². The van der Waals surface area contributed by atoms with Crippen LogP contribution in [0.3, 0.4) is 0 Å². The third-order valence-electron chi connectivity index (χ3n) is 5.57. The van der Waals surface area contributed by atoms with Gasteiger partial charge in [0, 0.05) is 18.0 Å². The third-order valence-corrected chi connectivity index (χ3v) is 5.57. The van der Waals surface area contributed by atoms with Gasteiger partial charge >= 0.3 is 5.91 Å². The summed E-state index contributed by atoms with van der Waals surface area (Å²) in [6, 6.07) is 16.6. The maximum Gasteiger partial charge on any atom is 0.302 e. The summed E-state index contributed by atoms with van der Waals surface area (Å²) in [5, 5.41) is 11.2. The van der Waals surface area contributed by atoms with Crippen molar-refractivity contribution in [1.29, 1.82) is 0 Å². The number of hydrogen-bond acceptors (Lipinski definition) is 6. The highest BCUT2D eigenvalue weighted by Gasteiger charge is 2.48. The lowest BCUT2D eigenvalue weighted by Gasteiger charge is -2.22. The largest absolute Gasteiger partial charge is 0.507 e. The Balaban J connectivity index is 1.65. The lowest BCUT2D eigenvalue weighted by molar-refractivity contribution is -0.132. The molecule has 1 aliphatic heterocycles. The van der Waals surface area contributed by atoms with E-state index < -0.39 is 17.7 Å². The Morgan fingerprint density at radius 3 is 2.41 bits per heavy atom. The van der Waals surface area contributed by atoms with Crippen LogP contribution in [0.2, 0.25) is 0 Å². The summed E-state index contributed by atoms with van der Waals surface area (Å²) in [5.74, 6) is -0.968. The molecule has 0 aliphatic carbocycles. The number of para-hydroxylation sites is 2. The number of benzene rings is 2. The molecular weight excluding hydrogens is 432 g/mol. The number of carbonyl (C=O) groups excluding carboxylic acids is 2. The lowest BCUT2D eigenvalue weighted by atomic mass is 9.96. The Kier molecular flexibility index (Phi) is 5.33. The zero-order valence-corrected chi connectivity index (χ0v) is 18.6. The van der Waals surface area contributed by atoms with E-state index in [1.807, 2.05) is 38.1 Å². The van der Waals surface area contributed by atoms with E-state index in [1.54, 1.807) is 48.8 Å². The maximum absolute atomic E-state index is 13.2. The van der Waals surface area contributed by atoms with Crippen molar-refractivity contribution in [3.63, 3.8) is 0 Å². The van der Waals surface area contributed by atoms with Gasteiger partial charge in [-0.05, 0) is 67.9 Å². The molecule has 2 aromatic carbocycles. The Morgan fingerprint density at radius 1 is 1.03 bits per heavy atom. The minimum absolute atomic E-state index is 0.000251. The summed E-state index contributed by atoms with van der Waals surface area (Å²) in [6.45, 7) is 3.84. The molecule has 1 amide bonds. The summed E-state index contributed by atoms with van der Waals surface area (Å²) < 4.78 is 5.66. The van der Waals surface area contributed by atoms with Crippen molar-refractivity contribution in [1.82, 2.24) is 15.0 Å². The third kappa shape index (κ3) is 3.69. The number of nitrogens with zero attached hydrogens (tertiary/aromatic N) is 3. The van der Waals surface area contributed by atoms with Crippen LogP contribution in [0.25, 0.3) is 16.8 Å². The van der Waals surface area contributed by atoms with Gasteiger partial charge in [0.25, 0.3) is 5.78 Å². The molecule has 1 fully saturated rings. The second-order valence-corrected chi connectivity index (χ2v) is 8.22. The number of nitrogens with one attached hydrogen (secondary N) is 1. The number of pyridine rings is 1. The van der Waals surface area contributed by atoms with Crippen molar-refractivity contribution in [2.45, 2.75) is 26.0 Å². The maximum atomic E-state index is 13.2. The summed E-state index contributed by atoms with van der Waals surface area (Å²) in [4.78, 5) is 39.4. The van der Waals surface area contributed by atoms with Gasteiger partial charge in [-0.1, -0.05) is 12.1 Å². The number of hydrogen-bond donors (Lipinski definition) is 2. The molecule has 2 N–H and O–H groups in total. The molecule has 34 heavy (non-hydrogen) atoms. The average molecular weight is 454 g/mol. The fraction of sp³-hybridized carbons (Fsp3) is 0.154. The molecule has 0 radical (unpaired) electrons. The molecule has 3 heterocycles. The van der Waals surface area contributed by atoms with Crippen LogP contribution in [0.4, 0.5) is 5.95 Å². The number of carbonyl (C=O) groups is 2. The van der Waals surface area contributed by atoms with E-state index >= 15 is 0 Å². The summed E-state index contributed by atoms with van der Waals surface area (Å²) in [5.41, 5.74) is 2.39. The minimum Gasteiger partial charge on any atom is -0.507 e. The van der Waals surface area contributed by atoms with Crippen molar-refractivity contribution >= 4 is 34.4 Å². The van der Waals surface area contributed by atoms with Crippen LogP contribution in [-0.2, 0) is 9.59 Å². The first-order valence-corrected chi connectivity index (χ1v) is 10.9. The molecule has 170 valence electrons. The number of aliphatic hydroxyl groups is 1. The number of ether oxygens (including phenoxy) is 1. The Hall–Kier alpha value is -4.46. The fourth-order valence-corrected chi connectivity index (χ4v) is 4.08. The molecule has 4 aromatic rings. The minimum atomic E-state index is -0.879. The van der Waals surface area contributed by atoms with E-state index in [0.29, 0.717) is 22.4 Å². The van der Waals surface area contributed by atoms with Gasteiger partial charge in [0.2, 0.25) is 5.95 Å². The highest BCUT2D eigenvalue weighted by Crippen LogP contribution is 2.41. The van der Waals surface area contributed by atoms with Crippen LogP contribution < -0.4 is 9.64 Å². The number of aliphatic hydroxyl groups excluding tert-OH is 1. The molecule has 1 aliphatic rings. The number of ketones is 1. The van der Waals surface area contributed by atoms with Crippen LogP contribution in [0.1, 0.15) is 31.0 Å². The molecule has 8 nitrogen and oxygen atoms in total. The van der Waals surface area contributed by atoms with Crippen LogP contribution in [-0.4, -0.2) is 37.9 Å². The Bertz CT molecular complexity index is 1370. The van der Waals surface area contributed by atoms with E-state index in [1.165, 1.54) is 4.90 Å². The molecule has 1 atom stereocenters. The first kappa shape index (κ1) is 21.4. The van der Waals surface area contributed by atoms with Gasteiger partial charge in [0.1, 0.15) is 11.5 Å². The second kappa shape index (κ2) is 8.47. The number of Topliss-reactive ketones (excluding diaryl/α,β-unsaturated/α-hetero) is 1. The van der Waals surface area contributed by atoms with Crippen molar-refractivity contribution < 1.29 is 19.4 Å². The van der Waals surface area contributed by atoms with Gasteiger partial charge in [-0.2, -0.15) is 0 Å². The van der Waals surface area contributed by atoms with Crippen LogP contribution in [0, 0.1) is 0 Å². The highest BCUT2D eigenvalue weighted by atomic mass is 16.5. The number of rotatable bonds is 5. The SMILES string of the molecule is CC(C)Oc1ccc(/C(O)=C2\C(=O)C(=O)N(c3nc4ccccc4[nH]3)C2c2ccncc2)cc1. The van der Waals surface area contributed by atoms with Crippen molar-refractivity contribution in [3.8, 4) is 5.75 Å². The Labute approximate surface area is 195 Å². The average Bonchev–Trinajstić information content (AvgIpc) is 3.38. The van der Waals surface area contributed by atoms with E-state index in [9.17, 15) is 14.7 Å². The number of aromatic nitrogens is 3. The molecule has 0 spiro atoms. The molecule has 5 rings (SSSR count). The first-order chi connectivity index (χ1) is 16.4. The molecule has 8 heteroatoms. The number of imidazole rings is 1. The van der Waals surface area contributed by atoms with E-state index in [2.05, 4.69) is 15.0 Å². The van der Waals surface area contributed by atoms with E-state index in [4.69, 9.17) is 4.74 Å². The predicted molar refractivity (Wildman–Crippen MR) is 127 cm³/mol. The zero-order valence-electron chi connectivity index (χ0n) is 18.6. The fourth-order valence-electron chi connectivity index (χ4n) is 4.08. The lowest BCUT2D eigenvalue weighted by Crippen LogP contribution is -2.30. The van der Waals surface area contributed by atoms with Crippen molar-refractivity contribution in [2.75, 3.05) is 4.90 Å². The highest BCUT2D eigenvalue weighted by molar-refractivity contribution is 6.51. The quantitative estimate of drug-likeness (QED) is 0.263. The second-order valence-electron chi connectivity index (χ2n) is 8.22. The van der Waals surface area contributed by atoms with E-state index in [0.717, 1.165) is 5.52 Å². The molecule has 2 aromatic heterocycles. The molecule has 1 saturated heterocycles. The van der Waals surface area contributed by atoms with Gasteiger partial charge in [-0.15, -0.1) is 0 Å². The topological polar surface area (TPSA) is 108 Å². The predicted octanol–water partition coefficient (Wildman–Crippen LogP) is 4.37. The van der Waals surface area contributed by atoms with Crippen LogP contribution in [0.5, 0.6) is 5.75 Å². The smallest absolute Gasteiger partial charge is 0.302 e. The number of H-pyrrole nitrogens is 1. The molecule has 0 bridgehead atoms. The van der Waals surface area contributed by atoms with Gasteiger partial charge in [0.05, 0.1) is 28.8 Å². The summed E-state index contributed by atoms with van der Waals surface area (Å²) in [7, 11) is 0. The standard InChI is InChI=1S/C26H22N4O4/c1-15(2)34-18-9-7-17(8-10-18)23(31)21-22(16-11-13-27-14-12-16)30(25(33)24(21)32)26-28-19-5-3-4-6-20(19)29-26/h3-15,22,31H,1-2H3,(H,28,29)/b23-21+. The number of aromatic amines is 1. The van der Waals surface area contributed by atoms with Crippen molar-refractivity contribution in [2.24, 2.45) is 0 Å². The Morgan fingerprint density at radius 2 is 1.74 bits per heavy atom. The van der Waals surface area contributed by atoms with Crippen LogP contribution in [0.15, 0.2) is 78.6 Å².